The second-order valence-corrected chi connectivity index (χ2v) is 8.10. The molecule has 0 aliphatic heterocycles. The van der Waals surface area contributed by atoms with Crippen molar-refractivity contribution >= 4 is 16.3 Å². The van der Waals surface area contributed by atoms with E-state index in [0.29, 0.717) is 17.9 Å². The van der Waals surface area contributed by atoms with Crippen molar-refractivity contribution in [2.24, 2.45) is 17.6 Å². The fraction of sp³-hybridized carbons (Fsp3) is 0.800. The van der Waals surface area contributed by atoms with E-state index < -0.39 is 0 Å². The zero-order chi connectivity index (χ0) is 14.0. The largest absolute Gasteiger partial charge is 0.327 e. The smallest absolute Gasteiger partial charge is 0.234 e. The summed E-state index contributed by atoms with van der Waals surface area (Å²) in [6, 6.07) is 0.308. The summed E-state index contributed by atoms with van der Waals surface area (Å²) in [5, 5.41) is 14.9. The van der Waals surface area contributed by atoms with Gasteiger partial charge in [0.2, 0.25) is 4.96 Å². The topological polar surface area (TPSA) is 69.1 Å². The molecule has 112 valence electrons. The number of aromatic nitrogens is 4. The summed E-state index contributed by atoms with van der Waals surface area (Å²) in [7, 11) is 0. The highest BCUT2D eigenvalue weighted by atomic mass is 32.1. The van der Waals surface area contributed by atoms with E-state index in [-0.39, 0.29) is 0 Å². The van der Waals surface area contributed by atoms with Gasteiger partial charge in [-0.05, 0) is 43.9 Å². The van der Waals surface area contributed by atoms with Crippen LogP contribution in [0, 0.1) is 11.8 Å². The maximum atomic E-state index is 6.47. The molecule has 3 fully saturated rings. The number of nitrogens with two attached hydrogens (primary N) is 1. The summed E-state index contributed by atoms with van der Waals surface area (Å²) in [6.45, 7) is 0. The molecule has 4 atom stereocenters. The minimum Gasteiger partial charge on any atom is -0.327 e. The lowest BCUT2D eigenvalue weighted by Gasteiger charge is -2.25. The first-order valence-electron chi connectivity index (χ1n) is 8.29. The SMILES string of the molecule is NC1C2CCC(C2)C1c1nn2c(C3CCCC3)nnc2s1. The van der Waals surface area contributed by atoms with Gasteiger partial charge in [0, 0.05) is 17.9 Å². The highest BCUT2D eigenvalue weighted by molar-refractivity contribution is 7.16. The Labute approximate surface area is 127 Å². The van der Waals surface area contributed by atoms with Crippen LogP contribution in [-0.4, -0.2) is 25.9 Å². The van der Waals surface area contributed by atoms with E-state index in [2.05, 4.69) is 10.2 Å². The van der Waals surface area contributed by atoms with E-state index in [9.17, 15) is 0 Å². The van der Waals surface area contributed by atoms with E-state index in [1.54, 1.807) is 11.3 Å². The van der Waals surface area contributed by atoms with Crippen LogP contribution in [0.5, 0.6) is 0 Å². The minimum atomic E-state index is 0.308. The molecule has 21 heavy (non-hydrogen) atoms. The Morgan fingerprint density at radius 2 is 1.86 bits per heavy atom. The molecule has 2 bridgehead atoms. The van der Waals surface area contributed by atoms with Crippen LogP contribution in [0.2, 0.25) is 0 Å². The molecule has 2 aromatic rings. The molecule has 6 heteroatoms. The van der Waals surface area contributed by atoms with Gasteiger partial charge in [0.15, 0.2) is 5.82 Å². The van der Waals surface area contributed by atoms with Crippen molar-refractivity contribution in [1.82, 2.24) is 19.8 Å². The molecule has 0 amide bonds. The first kappa shape index (κ1) is 12.5. The van der Waals surface area contributed by atoms with Gasteiger partial charge >= 0.3 is 0 Å². The quantitative estimate of drug-likeness (QED) is 0.926. The maximum absolute atomic E-state index is 6.47. The van der Waals surface area contributed by atoms with Crippen LogP contribution in [-0.2, 0) is 0 Å². The van der Waals surface area contributed by atoms with Gasteiger partial charge < -0.3 is 5.73 Å². The summed E-state index contributed by atoms with van der Waals surface area (Å²) in [5.41, 5.74) is 6.47. The summed E-state index contributed by atoms with van der Waals surface area (Å²) in [5.74, 6) is 3.59. The first-order chi connectivity index (χ1) is 10.3. The molecule has 3 aliphatic carbocycles. The highest BCUT2D eigenvalue weighted by Crippen LogP contribution is 2.52. The van der Waals surface area contributed by atoms with Crippen molar-refractivity contribution in [3.63, 3.8) is 0 Å². The van der Waals surface area contributed by atoms with Crippen molar-refractivity contribution in [1.29, 1.82) is 0 Å². The van der Waals surface area contributed by atoms with Crippen molar-refractivity contribution in [2.75, 3.05) is 0 Å². The predicted octanol–water partition coefficient (Wildman–Crippen LogP) is 2.68. The lowest BCUT2D eigenvalue weighted by atomic mass is 9.85. The average Bonchev–Trinajstić information content (AvgIpc) is 3.25. The molecule has 5 nitrogen and oxygen atoms in total. The Hall–Kier alpha value is -1.01. The van der Waals surface area contributed by atoms with Crippen molar-refractivity contribution in [3.8, 4) is 0 Å². The molecule has 3 aliphatic rings. The zero-order valence-corrected chi connectivity index (χ0v) is 12.9. The van der Waals surface area contributed by atoms with E-state index in [1.165, 1.54) is 50.0 Å². The van der Waals surface area contributed by atoms with Gasteiger partial charge in [0.05, 0.1) is 0 Å². The minimum absolute atomic E-state index is 0.308. The summed E-state index contributed by atoms with van der Waals surface area (Å²) in [4.78, 5) is 0.960. The molecular weight excluding hydrogens is 282 g/mol. The third-order valence-electron chi connectivity index (χ3n) is 6.02. The number of hydrogen-bond donors (Lipinski definition) is 1. The van der Waals surface area contributed by atoms with Crippen LogP contribution in [0.1, 0.15) is 67.6 Å². The van der Waals surface area contributed by atoms with Crippen molar-refractivity contribution in [2.45, 2.75) is 62.8 Å². The van der Waals surface area contributed by atoms with E-state index >= 15 is 0 Å². The number of fused-ring (bicyclic) bond motifs is 3. The summed E-state index contributed by atoms with van der Waals surface area (Å²) in [6.07, 6.45) is 9.06. The molecule has 2 aromatic heterocycles. The normalized spacial score (nSPS) is 36.2. The van der Waals surface area contributed by atoms with Crippen LogP contribution in [0.15, 0.2) is 0 Å². The van der Waals surface area contributed by atoms with Gasteiger partial charge in [-0.3, -0.25) is 0 Å². The van der Waals surface area contributed by atoms with Crippen molar-refractivity contribution < 1.29 is 0 Å². The van der Waals surface area contributed by atoms with Crippen LogP contribution in [0.4, 0.5) is 0 Å². The van der Waals surface area contributed by atoms with Crippen LogP contribution in [0.25, 0.3) is 4.96 Å². The molecule has 5 rings (SSSR count). The fourth-order valence-electron chi connectivity index (χ4n) is 4.92. The Morgan fingerprint density at radius 1 is 1.05 bits per heavy atom. The second kappa shape index (κ2) is 4.49. The molecule has 0 saturated heterocycles. The Kier molecular flexibility index (Phi) is 2.68. The molecule has 2 heterocycles. The van der Waals surface area contributed by atoms with Gasteiger partial charge in [0.25, 0.3) is 0 Å². The lowest BCUT2D eigenvalue weighted by Crippen LogP contribution is -2.34. The third-order valence-corrected chi connectivity index (χ3v) is 7.02. The maximum Gasteiger partial charge on any atom is 0.234 e. The van der Waals surface area contributed by atoms with Crippen LogP contribution in [0.3, 0.4) is 0 Å². The Balaban J connectivity index is 1.53. The van der Waals surface area contributed by atoms with Gasteiger partial charge in [-0.25, -0.2) is 0 Å². The lowest BCUT2D eigenvalue weighted by molar-refractivity contribution is 0.363. The Morgan fingerprint density at radius 3 is 2.62 bits per heavy atom. The molecule has 2 N–H and O–H groups in total. The van der Waals surface area contributed by atoms with Crippen LogP contribution < -0.4 is 5.73 Å². The van der Waals surface area contributed by atoms with Gasteiger partial charge in [-0.1, -0.05) is 24.2 Å². The fourth-order valence-corrected chi connectivity index (χ4v) is 6.02. The van der Waals surface area contributed by atoms with Gasteiger partial charge in [0.1, 0.15) is 5.01 Å². The highest BCUT2D eigenvalue weighted by Gasteiger charge is 2.48. The molecule has 4 unspecified atom stereocenters. The third kappa shape index (κ3) is 1.75. The Bertz CT molecular complexity index is 669. The summed E-state index contributed by atoms with van der Waals surface area (Å²) >= 11 is 1.72. The van der Waals surface area contributed by atoms with E-state index in [0.717, 1.165) is 22.6 Å². The predicted molar refractivity (Wildman–Crippen MR) is 81.4 cm³/mol. The number of hydrogen-bond acceptors (Lipinski definition) is 5. The molecule has 3 saturated carbocycles. The van der Waals surface area contributed by atoms with Gasteiger partial charge in [-0.15, -0.1) is 10.2 Å². The molecular formula is C15H21N5S. The summed E-state index contributed by atoms with van der Waals surface area (Å²) < 4.78 is 2.02. The van der Waals surface area contributed by atoms with Crippen molar-refractivity contribution in [3.05, 3.63) is 10.8 Å². The monoisotopic (exact) mass is 303 g/mol. The zero-order valence-electron chi connectivity index (χ0n) is 12.1. The molecule has 0 spiro atoms. The average molecular weight is 303 g/mol. The van der Waals surface area contributed by atoms with E-state index in [4.69, 9.17) is 10.8 Å². The number of rotatable bonds is 2. The van der Waals surface area contributed by atoms with Gasteiger partial charge in [-0.2, -0.15) is 9.61 Å². The standard InChI is InChI=1S/C15H21N5S/c16-12-10-6-5-9(7-10)11(12)14-19-20-13(8-3-1-2-4-8)17-18-15(20)21-14/h8-12H,1-7,16H2. The molecule has 0 aromatic carbocycles. The van der Waals surface area contributed by atoms with E-state index in [1.807, 2.05) is 4.52 Å². The number of nitrogens with zero attached hydrogens (tertiary/aromatic N) is 4. The second-order valence-electron chi connectivity index (χ2n) is 7.11. The van der Waals surface area contributed by atoms with Crippen LogP contribution >= 0.6 is 11.3 Å². The first-order valence-corrected chi connectivity index (χ1v) is 9.10. The molecule has 0 radical (unpaired) electrons.